The zero-order chi connectivity index (χ0) is 11.1. The molecule has 0 aromatic rings. The Labute approximate surface area is 106 Å². The minimum absolute atomic E-state index is 0.296. The fraction of sp³-hybridized carbons (Fsp3) is 0.750. The molecule has 0 aliphatic carbocycles. The summed E-state index contributed by atoms with van der Waals surface area (Å²) < 4.78 is 1.13. The maximum Gasteiger partial charge on any atom is 0.227 e. The fourth-order valence-corrected chi connectivity index (χ4v) is 2.60. The molecule has 0 aromatic heterocycles. The minimum atomic E-state index is 0.296. The van der Waals surface area contributed by atoms with Crippen molar-refractivity contribution in [3.05, 3.63) is 9.78 Å². The van der Waals surface area contributed by atoms with E-state index in [0.29, 0.717) is 5.91 Å². The largest absolute Gasteiger partial charge is 0.307 e. The Hall–Kier alpha value is -0.0600. The maximum atomic E-state index is 11.4. The van der Waals surface area contributed by atoms with Crippen LogP contribution >= 0.6 is 22.6 Å². The molecule has 0 atom stereocenters. The summed E-state index contributed by atoms with van der Waals surface area (Å²) >= 11 is 2.29. The Morgan fingerprint density at radius 3 is 2.87 bits per heavy atom. The summed E-state index contributed by atoms with van der Waals surface area (Å²) in [6.45, 7) is 3.14. The molecule has 0 radical (unpaired) electrons. The van der Waals surface area contributed by atoms with Crippen molar-refractivity contribution in [2.75, 3.05) is 6.54 Å². The van der Waals surface area contributed by atoms with E-state index in [-0.39, 0.29) is 0 Å². The molecule has 1 amide bonds. The van der Waals surface area contributed by atoms with Gasteiger partial charge in [0.05, 0.1) is 3.70 Å². The van der Waals surface area contributed by atoms with Crippen molar-refractivity contribution in [1.29, 1.82) is 0 Å². The molecule has 0 N–H and O–H groups in total. The smallest absolute Gasteiger partial charge is 0.227 e. The number of nitrogens with zero attached hydrogens (tertiary/aromatic N) is 1. The van der Waals surface area contributed by atoms with Gasteiger partial charge in [-0.2, -0.15) is 0 Å². The average Bonchev–Trinajstić information content (AvgIpc) is 2.64. The number of unbranched alkanes of at least 4 members (excludes halogenated alkanes) is 4. The number of amides is 1. The molecule has 2 nitrogen and oxygen atoms in total. The average molecular weight is 321 g/mol. The standard InChI is InChI=1S/C12H20INO/c1-2-3-4-5-6-8-11(13)14-10-7-9-12(14)15/h8H,2-7,9-10H2,1H3/b11-8-. The van der Waals surface area contributed by atoms with Gasteiger partial charge in [-0.15, -0.1) is 0 Å². The highest BCUT2D eigenvalue weighted by Gasteiger charge is 2.21. The van der Waals surface area contributed by atoms with Crippen molar-refractivity contribution in [3.63, 3.8) is 0 Å². The summed E-state index contributed by atoms with van der Waals surface area (Å²) in [5.74, 6) is 0.296. The Kier molecular flexibility index (Phi) is 6.29. The van der Waals surface area contributed by atoms with Crippen LogP contribution in [-0.2, 0) is 4.79 Å². The van der Waals surface area contributed by atoms with Crippen LogP contribution in [0.5, 0.6) is 0 Å². The number of hydrogen-bond donors (Lipinski definition) is 0. The van der Waals surface area contributed by atoms with Gasteiger partial charge in [-0.05, 0) is 41.9 Å². The van der Waals surface area contributed by atoms with Crippen molar-refractivity contribution < 1.29 is 4.79 Å². The Balaban J connectivity index is 2.23. The van der Waals surface area contributed by atoms with E-state index < -0.39 is 0 Å². The number of carbonyl (C=O) groups excluding carboxylic acids is 1. The lowest BCUT2D eigenvalue weighted by molar-refractivity contribution is -0.125. The summed E-state index contributed by atoms with van der Waals surface area (Å²) in [4.78, 5) is 13.3. The van der Waals surface area contributed by atoms with E-state index in [2.05, 4.69) is 35.6 Å². The third-order valence-corrected chi connectivity index (χ3v) is 3.72. The molecule has 0 spiro atoms. The first-order valence-electron chi connectivity index (χ1n) is 5.91. The Bertz CT molecular complexity index is 238. The molecule has 1 fully saturated rings. The molecule has 0 saturated carbocycles. The summed E-state index contributed by atoms with van der Waals surface area (Å²) in [6.07, 6.45) is 10.2. The van der Waals surface area contributed by atoms with Crippen molar-refractivity contribution >= 4 is 28.5 Å². The molecule has 0 aromatic carbocycles. The van der Waals surface area contributed by atoms with Crippen molar-refractivity contribution in [3.8, 4) is 0 Å². The lowest BCUT2D eigenvalue weighted by Gasteiger charge is -2.14. The highest BCUT2D eigenvalue weighted by Crippen LogP contribution is 2.22. The first-order valence-corrected chi connectivity index (χ1v) is 6.99. The van der Waals surface area contributed by atoms with Gasteiger partial charge in [0.1, 0.15) is 0 Å². The van der Waals surface area contributed by atoms with Gasteiger partial charge in [0, 0.05) is 13.0 Å². The summed E-state index contributed by atoms with van der Waals surface area (Å²) in [7, 11) is 0. The highest BCUT2D eigenvalue weighted by molar-refractivity contribution is 14.1. The molecule has 1 heterocycles. The molecule has 1 aliphatic heterocycles. The van der Waals surface area contributed by atoms with Gasteiger partial charge in [0.25, 0.3) is 0 Å². The Morgan fingerprint density at radius 1 is 1.47 bits per heavy atom. The molecule has 1 aliphatic rings. The van der Waals surface area contributed by atoms with Gasteiger partial charge in [0.15, 0.2) is 0 Å². The number of hydrogen-bond acceptors (Lipinski definition) is 1. The molecular formula is C12H20INO. The van der Waals surface area contributed by atoms with Gasteiger partial charge in [-0.25, -0.2) is 0 Å². The normalized spacial score (nSPS) is 17.6. The third-order valence-electron chi connectivity index (χ3n) is 2.70. The lowest BCUT2D eigenvalue weighted by atomic mass is 10.1. The van der Waals surface area contributed by atoms with Crippen LogP contribution in [0.15, 0.2) is 9.78 Å². The van der Waals surface area contributed by atoms with Gasteiger partial charge in [-0.1, -0.05) is 32.3 Å². The second kappa shape index (κ2) is 7.25. The minimum Gasteiger partial charge on any atom is -0.307 e. The van der Waals surface area contributed by atoms with Gasteiger partial charge >= 0.3 is 0 Å². The number of allylic oxidation sites excluding steroid dienone is 1. The van der Waals surface area contributed by atoms with Crippen LogP contribution in [0.3, 0.4) is 0 Å². The number of halogens is 1. The van der Waals surface area contributed by atoms with E-state index in [1.165, 1.54) is 25.7 Å². The monoisotopic (exact) mass is 321 g/mol. The summed E-state index contributed by atoms with van der Waals surface area (Å²) in [5.41, 5.74) is 0. The second-order valence-corrected chi connectivity index (χ2v) is 5.13. The topological polar surface area (TPSA) is 20.3 Å². The van der Waals surface area contributed by atoms with E-state index in [4.69, 9.17) is 0 Å². The van der Waals surface area contributed by atoms with E-state index in [0.717, 1.165) is 29.5 Å². The third kappa shape index (κ3) is 4.53. The van der Waals surface area contributed by atoms with Crippen LogP contribution in [0.25, 0.3) is 0 Å². The lowest BCUT2D eigenvalue weighted by Crippen LogP contribution is -2.20. The zero-order valence-electron chi connectivity index (χ0n) is 9.47. The predicted molar refractivity (Wildman–Crippen MR) is 71.8 cm³/mol. The van der Waals surface area contributed by atoms with Crippen molar-refractivity contribution in [2.45, 2.75) is 51.9 Å². The molecule has 15 heavy (non-hydrogen) atoms. The van der Waals surface area contributed by atoms with Crippen LogP contribution in [0.4, 0.5) is 0 Å². The van der Waals surface area contributed by atoms with Crippen LogP contribution in [0.2, 0.25) is 0 Å². The summed E-state index contributed by atoms with van der Waals surface area (Å²) in [6, 6.07) is 0. The predicted octanol–water partition coefficient (Wildman–Crippen LogP) is 3.86. The molecule has 1 rings (SSSR count). The van der Waals surface area contributed by atoms with Crippen LogP contribution in [0, 0.1) is 0 Å². The number of carbonyl (C=O) groups is 1. The van der Waals surface area contributed by atoms with Gasteiger partial charge < -0.3 is 4.90 Å². The first-order chi connectivity index (χ1) is 7.25. The van der Waals surface area contributed by atoms with E-state index in [9.17, 15) is 4.79 Å². The van der Waals surface area contributed by atoms with Crippen LogP contribution in [0.1, 0.15) is 51.9 Å². The quantitative estimate of drug-likeness (QED) is 0.413. The van der Waals surface area contributed by atoms with Crippen molar-refractivity contribution in [1.82, 2.24) is 4.90 Å². The van der Waals surface area contributed by atoms with E-state index >= 15 is 0 Å². The second-order valence-electron chi connectivity index (χ2n) is 4.03. The Morgan fingerprint density at radius 2 is 2.27 bits per heavy atom. The highest BCUT2D eigenvalue weighted by atomic mass is 127. The van der Waals surface area contributed by atoms with Crippen LogP contribution < -0.4 is 0 Å². The van der Waals surface area contributed by atoms with Crippen LogP contribution in [-0.4, -0.2) is 17.4 Å². The summed E-state index contributed by atoms with van der Waals surface area (Å²) in [5, 5.41) is 0. The number of likely N-dealkylation sites (tertiary alicyclic amines) is 1. The first kappa shape index (κ1) is 13.0. The molecule has 86 valence electrons. The molecule has 0 bridgehead atoms. The van der Waals surface area contributed by atoms with Gasteiger partial charge in [0.2, 0.25) is 5.91 Å². The zero-order valence-corrected chi connectivity index (χ0v) is 11.6. The van der Waals surface area contributed by atoms with Crippen molar-refractivity contribution in [2.24, 2.45) is 0 Å². The van der Waals surface area contributed by atoms with E-state index in [1.54, 1.807) is 0 Å². The molecule has 0 unspecified atom stereocenters. The molecule has 1 saturated heterocycles. The SMILES string of the molecule is CCCCCC/C=C(/I)N1CCCC1=O. The maximum absolute atomic E-state index is 11.4. The fourth-order valence-electron chi connectivity index (χ4n) is 1.78. The molecular weight excluding hydrogens is 301 g/mol. The van der Waals surface area contributed by atoms with Gasteiger partial charge in [-0.3, -0.25) is 4.79 Å². The number of rotatable bonds is 6. The molecule has 3 heteroatoms. The van der Waals surface area contributed by atoms with E-state index in [1.807, 2.05) is 4.90 Å².